The van der Waals surface area contributed by atoms with Gasteiger partial charge in [0.15, 0.2) is 6.10 Å². The second kappa shape index (κ2) is 71.2. The molecule has 91 heavy (non-hydrogen) atoms. The number of esters is 2. The first kappa shape index (κ1) is 87.9. The highest BCUT2D eigenvalue weighted by Gasteiger charge is 2.27. The number of hydrogen-bond donors (Lipinski definition) is 1. The van der Waals surface area contributed by atoms with E-state index in [-0.39, 0.29) is 32.0 Å². The zero-order chi connectivity index (χ0) is 66.2. The second-order valence-corrected chi connectivity index (χ2v) is 28.5. The van der Waals surface area contributed by atoms with Crippen LogP contribution in [-0.4, -0.2) is 74.9 Å². The van der Waals surface area contributed by atoms with Crippen LogP contribution in [-0.2, 0) is 32.7 Å². The monoisotopic (exact) mass is 1290 g/mol. The fourth-order valence-corrected chi connectivity index (χ4v) is 11.8. The van der Waals surface area contributed by atoms with E-state index >= 15 is 0 Å². The van der Waals surface area contributed by atoms with Gasteiger partial charge in [-0.3, -0.25) is 18.6 Å². The molecule has 0 aliphatic carbocycles. The zero-order valence-corrected chi connectivity index (χ0v) is 61.2. The summed E-state index contributed by atoms with van der Waals surface area (Å²) < 4.78 is 34.8. The van der Waals surface area contributed by atoms with Crippen LogP contribution in [0, 0.1) is 0 Å². The van der Waals surface area contributed by atoms with Crippen molar-refractivity contribution in [2.45, 2.75) is 360 Å². The maximum atomic E-state index is 12.9. The van der Waals surface area contributed by atoms with Crippen LogP contribution in [0.3, 0.4) is 0 Å². The lowest BCUT2D eigenvalue weighted by molar-refractivity contribution is -0.870. The minimum Gasteiger partial charge on any atom is -0.462 e. The molecule has 0 radical (unpaired) electrons. The highest BCUT2D eigenvalue weighted by molar-refractivity contribution is 7.47. The van der Waals surface area contributed by atoms with E-state index in [9.17, 15) is 19.0 Å². The molecule has 2 atom stereocenters. The van der Waals surface area contributed by atoms with Crippen LogP contribution >= 0.6 is 7.82 Å². The highest BCUT2D eigenvalue weighted by atomic mass is 31.2. The molecule has 0 amide bonds. The first-order chi connectivity index (χ1) is 44.5. The van der Waals surface area contributed by atoms with Gasteiger partial charge in [-0.1, -0.05) is 361 Å². The molecule has 528 valence electrons. The number of likely N-dealkylation sites (N-methyl/N-ethyl adjacent to an activating group) is 1. The zero-order valence-electron chi connectivity index (χ0n) is 60.3. The van der Waals surface area contributed by atoms with Crippen molar-refractivity contribution < 1.29 is 42.1 Å². The van der Waals surface area contributed by atoms with Gasteiger partial charge in [0.05, 0.1) is 27.7 Å². The van der Waals surface area contributed by atoms with E-state index in [4.69, 9.17) is 18.5 Å². The largest absolute Gasteiger partial charge is 0.472 e. The molecule has 0 aliphatic heterocycles. The number of quaternary nitrogens is 1. The third kappa shape index (κ3) is 75.8. The molecule has 0 saturated carbocycles. The highest BCUT2D eigenvalue weighted by Crippen LogP contribution is 2.43. The topological polar surface area (TPSA) is 108 Å². The molecular weight excluding hydrogens is 1150 g/mol. The summed E-state index contributed by atoms with van der Waals surface area (Å²) in [4.78, 5) is 35.9. The van der Waals surface area contributed by atoms with Gasteiger partial charge >= 0.3 is 19.8 Å². The van der Waals surface area contributed by atoms with Crippen molar-refractivity contribution >= 4 is 19.8 Å². The summed E-state index contributed by atoms with van der Waals surface area (Å²) in [5.74, 6) is -0.797. The van der Waals surface area contributed by atoms with E-state index in [1.165, 1.54) is 225 Å². The number of carbonyl (C=O) groups is 2. The molecule has 1 N–H and O–H groups in total. The second-order valence-electron chi connectivity index (χ2n) is 27.0. The Hall–Kier alpha value is -3.07. The van der Waals surface area contributed by atoms with Gasteiger partial charge in [0, 0.05) is 12.8 Å². The molecule has 10 heteroatoms. The third-order valence-corrected chi connectivity index (χ3v) is 17.9. The Morgan fingerprint density at radius 3 is 0.934 bits per heavy atom. The average molecular weight is 1290 g/mol. The summed E-state index contributed by atoms with van der Waals surface area (Å²) >= 11 is 0. The fourth-order valence-electron chi connectivity index (χ4n) is 11.0. The Bertz CT molecular complexity index is 1860. The van der Waals surface area contributed by atoms with E-state index in [1.807, 2.05) is 21.1 Å². The lowest BCUT2D eigenvalue weighted by Gasteiger charge is -2.24. The Kier molecular flexibility index (Phi) is 68.8. The third-order valence-electron chi connectivity index (χ3n) is 16.9. The molecule has 0 aromatic rings. The molecule has 9 nitrogen and oxygen atoms in total. The van der Waals surface area contributed by atoms with Crippen molar-refractivity contribution in [3.8, 4) is 0 Å². The van der Waals surface area contributed by atoms with Crippen molar-refractivity contribution in [1.82, 2.24) is 0 Å². The molecule has 0 saturated heterocycles. The Balaban J connectivity index is 4.01. The number of phosphoric ester groups is 1. The van der Waals surface area contributed by atoms with Gasteiger partial charge in [-0.25, -0.2) is 4.57 Å². The molecule has 0 spiro atoms. The van der Waals surface area contributed by atoms with Crippen molar-refractivity contribution in [3.05, 3.63) is 97.2 Å². The molecule has 0 aliphatic rings. The molecule has 0 aromatic carbocycles. The van der Waals surface area contributed by atoms with E-state index in [2.05, 4.69) is 111 Å². The van der Waals surface area contributed by atoms with Crippen LogP contribution in [0.4, 0.5) is 0 Å². The summed E-state index contributed by atoms with van der Waals surface area (Å²) in [5.41, 5.74) is 0. The van der Waals surface area contributed by atoms with E-state index < -0.39 is 26.5 Å². The van der Waals surface area contributed by atoms with Crippen LogP contribution in [0.25, 0.3) is 0 Å². The molecule has 0 heterocycles. The predicted octanol–water partition coefficient (Wildman–Crippen LogP) is 25.4. The van der Waals surface area contributed by atoms with Crippen LogP contribution in [0.5, 0.6) is 0 Å². The normalized spacial score (nSPS) is 13.6. The van der Waals surface area contributed by atoms with Gasteiger partial charge in [0.1, 0.15) is 19.8 Å². The van der Waals surface area contributed by atoms with E-state index in [0.717, 1.165) is 96.3 Å². The maximum absolute atomic E-state index is 12.9. The number of carbonyl (C=O) groups excluding carboxylic acids is 2. The number of allylic oxidation sites excluding steroid dienone is 16. The van der Waals surface area contributed by atoms with Crippen LogP contribution in [0.2, 0.25) is 0 Å². The number of ether oxygens (including phenoxy) is 2. The van der Waals surface area contributed by atoms with Crippen molar-refractivity contribution in [2.24, 2.45) is 0 Å². The van der Waals surface area contributed by atoms with Gasteiger partial charge in [0.25, 0.3) is 0 Å². The smallest absolute Gasteiger partial charge is 0.462 e. The van der Waals surface area contributed by atoms with Crippen molar-refractivity contribution in [2.75, 3.05) is 47.5 Å². The number of hydrogen-bond acceptors (Lipinski definition) is 7. The van der Waals surface area contributed by atoms with Gasteiger partial charge in [-0.15, -0.1) is 0 Å². The predicted molar refractivity (Wildman–Crippen MR) is 395 cm³/mol. The summed E-state index contributed by atoms with van der Waals surface area (Å²) in [7, 11) is 1.47. The van der Waals surface area contributed by atoms with Crippen LogP contribution in [0.1, 0.15) is 354 Å². The number of unbranched alkanes of at least 4 members (excludes halogenated alkanes) is 41. The molecule has 0 bridgehead atoms. The van der Waals surface area contributed by atoms with Crippen LogP contribution < -0.4 is 0 Å². The quantitative estimate of drug-likeness (QED) is 0.0211. The molecule has 0 fully saturated rings. The summed E-state index contributed by atoms with van der Waals surface area (Å²) in [6, 6.07) is 0. The SMILES string of the molecule is CC/C=C\C/C=C\C/C=C\C/C=C\C/C=C\C/C=C\C/C=C\C/C=C\CCCCCCCCCCC(=O)OC(COC(=O)CCCCCCCCCCCCCCCCCCCCCCCCCCCCCCCCCCCC)COP(=O)(O)OCC[N+](C)(C)C. The molecule has 2 unspecified atom stereocenters. The Morgan fingerprint density at radius 2 is 0.626 bits per heavy atom. The average Bonchev–Trinajstić information content (AvgIpc) is 3.62. The van der Waals surface area contributed by atoms with Gasteiger partial charge < -0.3 is 18.9 Å². The number of phosphoric acid groups is 1. The first-order valence-corrected chi connectivity index (χ1v) is 40.0. The standard InChI is InChI=1S/C81H146NO8P/c1-6-8-10-12-14-16-18-20-22-24-26-28-30-32-34-36-38-40-42-43-45-47-49-51-53-55-57-59-61-63-65-67-69-71-73-80(83)87-77-79(78-89-91(85,86)88-76-75-82(3,4)5)90-81(84)74-72-70-68-66-64-62-60-58-56-54-52-50-48-46-44-41-39-37-35-33-31-29-27-25-23-21-19-17-15-13-11-9-7-2/h9,11,15,17,21,23,27,29,33,35,39,41,46,48,52,54,79H,6-8,10,12-14,16,18-20,22,24-26,28,30-32,34,36-38,40,42-45,47,49-51,53,55-78H2,1-5H3/p+1/b11-9-,17-15-,23-21-,29-27-,35-33-,41-39-,48-46-,54-52-. The summed E-state index contributed by atoms with van der Waals surface area (Å²) in [5, 5.41) is 0. The van der Waals surface area contributed by atoms with Gasteiger partial charge in [-0.2, -0.15) is 0 Å². The molecular formula is C81H147NO8P+. The lowest BCUT2D eigenvalue weighted by atomic mass is 10.0. The summed E-state index contributed by atoms with van der Waals surface area (Å²) in [6.45, 7) is 4.36. The molecule has 0 aromatic heterocycles. The van der Waals surface area contributed by atoms with Crippen molar-refractivity contribution in [3.63, 3.8) is 0 Å². The minimum atomic E-state index is -4.40. The number of nitrogens with zero attached hydrogens (tertiary/aromatic N) is 1. The minimum absolute atomic E-state index is 0.0273. The molecule has 0 rings (SSSR count). The first-order valence-electron chi connectivity index (χ1n) is 38.5. The van der Waals surface area contributed by atoms with Gasteiger partial charge in [0.2, 0.25) is 0 Å². The van der Waals surface area contributed by atoms with E-state index in [1.54, 1.807) is 0 Å². The fraction of sp³-hybridized carbons (Fsp3) is 0.778. The maximum Gasteiger partial charge on any atom is 0.472 e. The number of rotatable bonds is 71. The van der Waals surface area contributed by atoms with E-state index in [0.29, 0.717) is 17.4 Å². The Labute approximate surface area is 564 Å². The summed E-state index contributed by atoms with van der Waals surface area (Å²) in [6.07, 6.45) is 99.7. The van der Waals surface area contributed by atoms with Crippen molar-refractivity contribution in [1.29, 1.82) is 0 Å². The Morgan fingerprint density at radius 1 is 0.352 bits per heavy atom. The van der Waals surface area contributed by atoms with Gasteiger partial charge in [-0.05, 0) is 77.0 Å². The lowest BCUT2D eigenvalue weighted by Crippen LogP contribution is -2.37. The van der Waals surface area contributed by atoms with Crippen LogP contribution in [0.15, 0.2) is 97.2 Å².